The van der Waals surface area contributed by atoms with Gasteiger partial charge in [0.1, 0.15) is 17.2 Å². The largest absolute Gasteiger partial charge is 0.497 e. The fourth-order valence-electron chi connectivity index (χ4n) is 4.17. The van der Waals surface area contributed by atoms with Gasteiger partial charge < -0.3 is 24.5 Å². The molecule has 4 aromatic rings. The van der Waals surface area contributed by atoms with E-state index in [0.29, 0.717) is 31.1 Å². The Morgan fingerprint density at radius 3 is 2.29 bits per heavy atom. The molecule has 0 fully saturated rings. The van der Waals surface area contributed by atoms with Gasteiger partial charge in [0.2, 0.25) is 0 Å². The van der Waals surface area contributed by atoms with E-state index in [1.54, 1.807) is 7.11 Å². The number of aromatic carboxylic acids is 1. The molecule has 0 atom stereocenters. The van der Waals surface area contributed by atoms with Crippen LogP contribution in [0.5, 0.6) is 11.5 Å². The summed E-state index contributed by atoms with van der Waals surface area (Å²) in [6.45, 7) is 5.50. The molecule has 0 aliphatic carbocycles. The second-order valence-electron chi connectivity index (χ2n) is 8.50. The number of ether oxygens (including phenoxy) is 2. The number of rotatable bonds is 10. The number of carboxylic acids is 1. The summed E-state index contributed by atoms with van der Waals surface area (Å²) in [7, 11) is 1.61. The summed E-state index contributed by atoms with van der Waals surface area (Å²) < 4.78 is 13.0. The Hall–Kier alpha value is -3.77. The number of aromatic nitrogens is 1. The molecule has 0 aliphatic rings. The van der Waals surface area contributed by atoms with Crippen molar-refractivity contribution in [1.29, 1.82) is 0 Å². The number of nitrogens with zero attached hydrogens (tertiary/aromatic N) is 1. The molecule has 0 bridgehead atoms. The molecule has 1 aromatic heterocycles. The lowest BCUT2D eigenvalue weighted by Gasteiger charge is -2.11. The summed E-state index contributed by atoms with van der Waals surface area (Å²) in [6.07, 6.45) is 0.130. The topological polar surface area (TPSA) is 72.7 Å². The Bertz CT molecular complexity index is 1260. The second kappa shape index (κ2) is 10.4. The van der Waals surface area contributed by atoms with Crippen molar-refractivity contribution in [3.63, 3.8) is 0 Å². The minimum Gasteiger partial charge on any atom is -0.497 e. The smallest absolute Gasteiger partial charge is 0.352 e. The second-order valence-corrected chi connectivity index (χ2v) is 8.50. The maximum atomic E-state index is 12.4. The average molecular weight is 459 g/mol. The monoisotopic (exact) mass is 458 g/mol. The SMILES string of the molecule is COc1ccc2c(CNCc3ccc(OC(C)C)cc3)c(C(=O)O)n(Cc3ccccc3)c2c1. The highest BCUT2D eigenvalue weighted by atomic mass is 16.5. The molecule has 34 heavy (non-hydrogen) atoms. The highest BCUT2D eigenvalue weighted by molar-refractivity contribution is 5.98. The maximum Gasteiger partial charge on any atom is 0.352 e. The molecule has 4 rings (SSSR count). The quantitative estimate of drug-likeness (QED) is 0.330. The number of hydrogen-bond acceptors (Lipinski definition) is 4. The molecule has 0 unspecified atom stereocenters. The third-order valence-corrected chi connectivity index (χ3v) is 5.69. The minimum atomic E-state index is -0.946. The van der Waals surface area contributed by atoms with Crippen LogP contribution >= 0.6 is 0 Å². The third-order valence-electron chi connectivity index (χ3n) is 5.69. The highest BCUT2D eigenvalue weighted by Crippen LogP contribution is 2.31. The first-order valence-electron chi connectivity index (χ1n) is 11.4. The zero-order chi connectivity index (χ0) is 24.1. The van der Waals surface area contributed by atoms with Crippen LogP contribution in [0.3, 0.4) is 0 Å². The molecule has 176 valence electrons. The van der Waals surface area contributed by atoms with Crippen LogP contribution in [0.15, 0.2) is 72.8 Å². The standard InChI is InChI=1S/C28H30N2O4/c1-19(2)34-22-11-9-20(10-12-22)16-29-17-25-24-14-13-23(33-3)15-26(24)30(27(25)28(31)32)18-21-7-5-4-6-8-21/h4-15,19,29H,16-18H2,1-3H3,(H,31,32). The number of fused-ring (bicyclic) bond motifs is 1. The van der Waals surface area contributed by atoms with E-state index < -0.39 is 5.97 Å². The van der Waals surface area contributed by atoms with Crippen LogP contribution in [0.4, 0.5) is 0 Å². The lowest BCUT2D eigenvalue weighted by atomic mass is 10.1. The van der Waals surface area contributed by atoms with Gasteiger partial charge >= 0.3 is 5.97 Å². The zero-order valence-corrected chi connectivity index (χ0v) is 19.7. The first-order valence-corrected chi connectivity index (χ1v) is 11.4. The molecule has 0 saturated heterocycles. The van der Waals surface area contributed by atoms with Gasteiger partial charge in [-0.2, -0.15) is 0 Å². The van der Waals surface area contributed by atoms with Crippen molar-refractivity contribution < 1.29 is 19.4 Å². The molecule has 6 nitrogen and oxygen atoms in total. The van der Waals surface area contributed by atoms with E-state index in [1.165, 1.54) is 0 Å². The Labute approximate surface area is 199 Å². The molecule has 0 saturated carbocycles. The molecule has 6 heteroatoms. The molecular formula is C28H30N2O4. The molecule has 0 amide bonds. The summed E-state index contributed by atoms with van der Waals surface area (Å²) in [6, 6.07) is 23.6. The summed E-state index contributed by atoms with van der Waals surface area (Å²) in [5.74, 6) is 0.586. The minimum absolute atomic E-state index is 0.130. The summed E-state index contributed by atoms with van der Waals surface area (Å²) >= 11 is 0. The van der Waals surface area contributed by atoms with Crippen LogP contribution in [0.2, 0.25) is 0 Å². The van der Waals surface area contributed by atoms with E-state index in [2.05, 4.69) is 5.32 Å². The van der Waals surface area contributed by atoms with E-state index in [1.807, 2.05) is 91.2 Å². The summed E-state index contributed by atoms with van der Waals surface area (Å²) in [4.78, 5) is 12.4. The Kier molecular flexibility index (Phi) is 7.18. The van der Waals surface area contributed by atoms with Crippen LogP contribution in [0.25, 0.3) is 10.9 Å². The van der Waals surface area contributed by atoms with E-state index in [4.69, 9.17) is 9.47 Å². The van der Waals surface area contributed by atoms with E-state index in [0.717, 1.165) is 33.3 Å². The molecule has 0 radical (unpaired) electrons. The van der Waals surface area contributed by atoms with Gasteiger partial charge in [-0.3, -0.25) is 0 Å². The van der Waals surface area contributed by atoms with Crippen LogP contribution < -0.4 is 14.8 Å². The van der Waals surface area contributed by atoms with Gasteiger partial charge in [-0.05, 0) is 49.2 Å². The van der Waals surface area contributed by atoms with Gasteiger partial charge in [0.25, 0.3) is 0 Å². The zero-order valence-electron chi connectivity index (χ0n) is 19.7. The third kappa shape index (κ3) is 5.24. The van der Waals surface area contributed by atoms with E-state index >= 15 is 0 Å². The van der Waals surface area contributed by atoms with Crippen molar-refractivity contribution in [1.82, 2.24) is 9.88 Å². The Morgan fingerprint density at radius 1 is 0.941 bits per heavy atom. The molecule has 3 aromatic carbocycles. The van der Waals surface area contributed by atoms with Gasteiger partial charge in [0.15, 0.2) is 0 Å². The van der Waals surface area contributed by atoms with Gasteiger partial charge in [-0.1, -0.05) is 42.5 Å². The molecule has 2 N–H and O–H groups in total. The summed E-state index contributed by atoms with van der Waals surface area (Å²) in [5, 5.41) is 14.5. The number of benzene rings is 3. The number of hydrogen-bond donors (Lipinski definition) is 2. The van der Waals surface area contributed by atoms with Gasteiger partial charge in [0.05, 0.1) is 18.7 Å². The van der Waals surface area contributed by atoms with Crippen molar-refractivity contribution >= 4 is 16.9 Å². The molecule has 1 heterocycles. The number of methoxy groups -OCH3 is 1. The van der Waals surface area contributed by atoms with Crippen molar-refractivity contribution in [3.05, 3.63) is 95.2 Å². The lowest BCUT2D eigenvalue weighted by molar-refractivity contribution is 0.0684. The van der Waals surface area contributed by atoms with Gasteiger partial charge in [-0.15, -0.1) is 0 Å². The first kappa shape index (κ1) is 23.4. The predicted molar refractivity (Wildman–Crippen MR) is 134 cm³/mol. The first-order chi connectivity index (χ1) is 16.5. The fourth-order valence-corrected chi connectivity index (χ4v) is 4.17. The molecular weight excluding hydrogens is 428 g/mol. The van der Waals surface area contributed by atoms with Crippen molar-refractivity contribution in [2.24, 2.45) is 0 Å². The van der Waals surface area contributed by atoms with Crippen LogP contribution in [-0.2, 0) is 19.6 Å². The number of nitrogens with one attached hydrogen (secondary N) is 1. The number of carbonyl (C=O) groups is 1. The summed E-state index contributed by atoms with van der Waals surface area (Å²) in [5.41, 5.74) is 4.03. The molecule has 0 spiro atoms. The van der Waals surface area contributed by atoms with Crippen LogP contribution in [0, 0.1) is 0 Å². The van der Waals surface area contributed by atoms with Crippen molar-refractivity contribution in [3.8, 4) is 11.5 Å². The highest BCUT2D eigenvalue weighted by Gasteiger charge is 2.22. The Morgan fingerprint density at radius 2 is 1.65 bits per heavy atom. The normalized spacial score (nSPS) is 11.2. The van der Waals surface area contributed by atoms with Crippen molar-refractivity contribution in [2.45, 2.75) is 39.6 Å². The van der Waals surface area contributed by atoms with E-state index in [9.17, 15) is 9.90 Å². The average Bonchev–Trinajstić information content (AvgIpc) is 3.13. The van der Waals surface area contributed by atoms with Gasteiger partial charge in [-0.25, -0.2) is 4.79 Å². The van der Waals surface area contributed by atoms with Crippen LogP contribution in [0.1, 0.15) is 41.0 Å². The fraction of sp³-hybridized carbons (Fsp3) is 0.250. The number of carboxylic acid groups (broad SMARTS) is 1. The van der Waals surface area contributed by atoms with E-state index in [-0.39, 0.29) is 6.10 Å². The Balaban J connectivity index is 1.63. The lowest BCUT2D eigenvalue weighted by Crippen LogP contribution is -2.17. The maximum absolute atomic E-state index is 12.4. The van der Waals surface area contributed by atoms with Crippen LogP contribution in [-0.4, -0.2) is 28.9 Å². The van der Waals surface area contributed by atoms with Crippen molar-refractivity contribution in [2.75, 3.05) is 7.11 Å². The molecule has 0 aliphatic heterocycles. The van der Waals surface area contributed by atoms with Gasteiger partial charge in [0, 0.05) is 36.7 Å². The predicted octanol–water partition coefficient (Wildman–Crippen LogP) is 5.47.